The van der Waals surface area contributed by atoms with Gasteiger partial charge in [-0.2, -0.15) is 0 Å². The number of likely N-dealkylation sites (N-methyl/N-ethyl adjacent to an activating group) is 1. The van der Waals surface area contributed by atoms with Crippen molar-refractivity contribution in [2.75, 3.05) is 7.05 Å². The Balaban J connectivity index is 2.96. The predicted molar refractivity (Wildman–Crippen MR) is 68.4 cm³/mol. The maximum absolute atomic E-state index is 11.3. The van der Waals surface area contributed by atoms with Crippen molar-refractivity contribution in [3.05, 3.63) is 23.8 Å². The third-order valence-corrected chi connectivity index (χ3v) is 3.82. The van der Waals surface area contributed by atoms with Gasteiger partial charge < -0.3 is 10.1 Å². The molecular formula is C11H14ClNO4S. The van der Waals surface area contributed by atoms with Gasteiger partial charge >= 0.3 is 0 Å². The molecule has 0 aliphatic carbocycles. The maximum atomic E-state index is 11.3. The van der Waals surface area contributed by atoms with Crippen molar-refractivity contribution in [1.29, 1.82) is 0 Å². The van der Waals surface area contributed by atoms with Gasteiger partial charge in [-0.25, -0.2) is 8.42 Å². The summed E-state index contributed by atoms with van der Waals surface area (Å²) in [6.07, 6.45) is -0.659. The van der Waals surface area contributed by atoms with Crippen LogP contribution in [0.1, 0.15) is 12.5 Å². The third kappa shape index (κ3) is 3.61. The highest BCUT2D eigenvalue weighted by Crippen LogP contribution is 2.24. The van der Waals surface area contributed by atoms with E-state index in [4.69, 9.17) is 15.4 Å². The van der Waals surface area contributed by atoms with Gasteiger partial charge in [0, 0.05) is 17.7 Å². The molecule has 0 spiro atoms. The molecule has 5 nitrogen and oxygen atoms in total. The Morgan fingerprint density at radius 1 is 1.44 bits per heavy atom. The molecule has 7 heteroatoms. The van der Waals surface area contributed by atoms with E-state index in [-0.39, 0.29) is 10.8 Å². The standard InChI is InChI=1S/C11H14ClNO4S/c1-7-6-9(17-8(2)11(14)13-3)4-5-10(7)18(12,15)16/h4-6,8H,1-3H3,(H,13,14). The fourth-order valence-electron chi connectivity index (χ4n) is 1.43. The van der Waals surface area contributed by atoms with Crippen LogP contribution in [0.4, 0.5) is 0 Å². The molecule has 100 valence electrons. The lowest BCUT2D eigenvalue weighted by atomic mass is 10.2. The first-order valence-electron chi connectivity index (χ1n) is 5.19. The molecule has 1 rings (SSSR count). The molecule has 0 aromatic heterocycles. The summed E-state index contributed by atoms with van der Waals surface area (Å²) in [5, 5.41) is 2.45. The van der Waals surface area contributed by atoms with Gasteiger partial charge in [-0.1, -0.05) is 0 Å². The monoisotopic (exact) mass is 291 g/mol. The Bertz CT molecular complexity index is 556. The van der Waals surface area contributed by atoms with Crippen LogP contribution in [-0.2, 0) is 13.8 Å². The average molecular weight is 292 g/mol. The molecule has 1 aromatic rings. The summed E-state index contributed by atoms with van der Waals surface area (Å²) in [6, 6.07) is 4.33. The van der Waals surface area contributed by atoms with E-state index < -0.39 is 15.2 Å². The number of hydrogen-bond acceptors (Lipinski definition) is 4. The summed E-state index contributed by atoms with van der Waals surface area (Å²) in [4.78, 5) is 11.3. The van der Waals surface area contributed by atoms with E-state index in [1.54, 1.807) is 13.8 Å². The Kier molecular flexibility index (Phi) is 4.59. The predicted octanol–water partition coefficient (Wildman–Crippen LogP) is 1.44. The summed E-state index contributed by atoms with van der Waals surface area (Å²) < 4.78 is 27.8. The fourth-order valence-corrected chi connectivity index (χ4v) is 2.62. The van der Waals surface area contributed by atoms with E-state index in [1.807, 2.05) is 0 Å². The molecule has 1 atom stereocenters. The third-order valence-electron chi connectivity index (χ3n) is 2.34. The van der Waals surface area contributed by atoms with Gasteiger partial charge in [-0.15, -0.1) is 0 Å². The molecule has 1 unspecified atom stereocenters. The molecule has 0 aliphatic heterocycles. The van der Waals surface area contributed by atoms with E-state index in [0.717, 1.165) is 0 Å². The number of amides is 1. The van der Waals surface area contributed by atoms with Crippen LogP contribution in [0.25, 0.3) is 0 Å². The second-order valence-corrected chi connectivity index (χ2v) is 6.27. The SMILES string of the molecule is CNC(=O)C(C)Oc1ccc(S(=O)(=O)Cl)c(C)c1. The Labute approximate surface area is 111 Å². The normalized spacial score (nSPS) is 12.9. The molecule has 0 aliphatic rings. The van der Waals surface area contributed by atoms with E-state index in [9.17, 15) is 13.2 Å². The van der Waals surface area contributed by atoms with Gasteiger partial charge in [0.25, 0.3) is 15.0 Å². The first-order chi connectivity index (χ1) is 8.25. The van der Waals surface area contributed by atoms with Crippen LogP contribution >= 0.6 is 10.7 Å². The van der Waals surface area contributed by atoms with Crippen molar-refractivity contribution in [3.63, 3.8) is 0 Å². The van der Waals surface area contributed by atoms with Crippen LogP contribution in [0, 0.1) is 6.92 Å². The number of benzene rings is 1. The molecule has 1 amide bonds. The van der Waals surface area contributed by atoms with Crippen LogP contribution in [0.15, 0.2) is 23.1 Å². The maximum Gasteiger partial charge on any atom is 0.261 e. The number of ether oxygens (including phenoxy) is 1. The van der Waals surface area contributed by atoms with Crippen LogP contribution in [0.3, 0.4) is 0 Å². The van der Waals surface area contributed by atoms with Crippen molar-refractivity contribution in [1.82, 2.24) is 5.32 Å². The van der Waals surface area contributed by atoms with Crippen LogP contribution in [-0.4, -0.2) is 27.5 Å². The van der Waals surface area contributed by atoms with Crippen LogP contribution in [0.5, 0.6) is 5.75 Å². The van der Waals surface area contributed by atoms with Gasteiger partial charge in [0.2, 0.25) is 0 Å². The molecule has 0 heterocycles. The van der Waals surface area contributed by atoms with E-state index in [0.29, 0.717) is 11.3 Å². The van der Waals surface area contributed by atoms with Gasteiger partial charge in [0.05, 0.1) is 4.90 Å². The average Bonchev–Trinajstić information content (AvgIpc) is 2.26. The number of aryl methyl sites for hydroxylation is 1. The summed E-state index contributed by atoms with van der Waals surface area (Å²) in [7, 11) is 3.01. The second-order valence-electron chi connectivity index (χ2n) is 3.74. The number of carbonyl (C=O) groups excluding carboxylic acids is 1. The zero-order chi connectivity index (χ0) is 13.9. The molecule has 1 aromatic carbocycles. The van der Waals surface area contributed by atoms with Crippen molar-refractivity contribution < 1.29 is 17.9 Å². The van der Waals surface area contributed by atoms with E-state index >= 15 is 0 Å². The first kappa shape index (κ1) is 14.8. The van der Waals surface area contributed by atoms with Gasteiger partial charge in [-0.05, 0) is 37.6 Å². The minimum absolute atomic E-state index is 0.0316. The lowest BCUT2D eigenvalue weighted by Crippen LogP contribution is -2.33. The number of carbonyl (C=O) groups is 1. The molecule has 0 radical (unpaired) electrons. The number of rotatable bonds is 4. The highest BCUT2D eigenvalue weighted by molar-refractivity contribution is 8.13. The van der Waals surface area contributed by atoms with Crippen molar-refractivity contribution >= 4 is 25.6 Å². The topological polar surface area (TPSA) is 72.5 Å². The van der Waals surface area contributed by atoms with Gasteiger partial charge in [0.1, 0.15) is 5.75 Å². The number of hydrogen-bond donors (Lipinski definition) is 1. The highest BCUT2D eigenvalue weighted by Gasteiger charge is 2.16. The summed E-state index contributed by atoms with van der Waals surface area (Å²) in [6.45, 7) is 3.20. The highest BCUT2D eigenvalue weighted by atomic mass is 35.7. The second kappa shape index (κ2) is 5.58. The van der Waals surface area contributed by atoms with Crippen LogP contribution in [0.2, 0.25) is 0 Å². The minimum Gasteiger partial charge on any atom is -0.481 e. The van der Waals surface area contributed by atoms with E-state index in [1.165, 1.54) is 25.2 Å². The minimum atomic E-state index is -3.76. The van der Waals surface area contributed by atoms with Gasteiger partial charge in [0.15, 0.2) is 6.10 Å². The van der Waals surface area contributed by atoms with E-state index in [2.05, 4.69) is 5.32 Å². The Morgan fingerprint density at radius 2 is 2.06 bits per heavy atom. The van der Waals surface area contributed by atoms with Crippen LogP contribution < -0.4 is 10.1 Å². The first-order valence-corrected chi connectivity index (χ1v) is 7.50. The molecule has 0 fully saturated rings. The zero-order valence-corrected chi connectivity index (χ0v) is 11.8. The molecule has 0 saturated carbocycles. The largest absolute Gasteiger partial charge is 0.481 e. The summed E-state index contributed by atoms with van der Waals surface area (Å²) in [5.41, 5.74) is 0.464. The van der Waals surface area contributed by atoms with Crippen molar-refractivity contribution in [2.45, 2.75) is 24.8 Å². The molecule has 0 saturated heterocycles. The zero-order valence-electron chi connectivity index (χ0n) is 10.2. The van der Waals surface area contributed by atoms with Gasteiger partial charge in [-0.3, -0.25) is 4.79 Å². The number of halogens is 1. The molecule has 0 bridgehead atoms. The molecule has 18 heavy (non-hydrogen) atoms. The molecular weight excluding hydrogens is 278 g/mol. The smallest absolute Gasteiger partial charge is 0.261 e. The summed E-state index contributed by atoms with van der Waals surface area (Å²) in [5.74, 6) is 0.148. The van der Waals surface area contributed by atoms with Crippen molar-refractivity contribution in [2.24, 2.45) is 0 Å². The molecule has 1 N–H and O–H groups in total. The number of nitrogens with one attached hydrogen (secondary N) is 1. The lowest BCUT2D eigenvalue weighted by molar-refractivity contribution is -0.126. The quantitative estimate of drug-likeness (QED) is 0.852. The van der Waals surface area contributed by atoms with Crippen molar-refractivity contribution in [3.8, 4) is 5.75 Å². The lowest BCUT2D eigenvalue weighted by Gasteiger charge is -2.14. The fraction of sp³-hybridized carbons (Fsp3) is 0.364. The Morgan fingerprint density at radius 3 is 2.50 bits per heavy atom. The Hall–Kier alpha value is -1.27. The summed E-state index contributed by atoms with van der Waals surface area (Å²) >= 11 is 0.